The van der Waals surface area contributed by atoms with E-state index >= 15 is 0 Å². The normalized spacial score (nSPS) is 21.1. The fourth-order valence-electron chi connectivity index (χ4n) is 4.08. The van der Waals surface area contributed by atoms with Gasteiger partial charge in [-0.15, -0.1) is 10.2 Å². The van der Waals surface area contributed by atoms with Crippen molar-refractivity contribution in [2.75, 3.05) is 19.7 Å². The highest BCUT2D eigenvalue weighted by molar-refractivity contribution is 5.23. The van der Waals surface area contributed by atoms with Gasteiger partial charge in [0.05, 0.1) is 0 Å². The molecule has 5 heteroatoms. The predicted octanol–water partition coefficient (Wildman–Crippen LogP) is 3.39. The average Bonchev–Trinajstić information content (AvgIpc) is 3.24. The van der Waals surface area contributed by atoms with Crippen molar-refractivity contribution in [2.24, 2.45) is 5.92 Å². The number of benzene rings is 1. The molecule has 1 aromatic heterocycles. The van der Waals surface area contributed by atoms with Gasteiger partial charge in [-0.2, -0.15) is 0 Å². The molecule has 2 aliphatic rings. The molecule has 2 aliphatic heterocycles. The van der Waals surface area contributed by atoms with Crippen molar-refractivity contribution in [1.82, 2.24) is 19.7 Å². The molecule has 4 rings (SSSR count). The molecular weight excluding hydrogens is 324 g/mol. The van der Waals surface area contributed by atoms with E-state index in [1.54, 1.807) is 0 Å². The number of rotatable bonds is 5. The molecule has 5 nitrogen and oxygen atoms in total. The van der Waals surface area contributed by atoms with E-state index in [1.165, 1.54) is 11.1 Å². The van der Waals surface area contributed by atoms with Crippen molar-refractivity contribution in [2.45, 2.75) is 58.7 Å². The lowest BCUT2D eigenvalue weighted by Gasteiger charge is -2.20. The molecule has 0 bridgehead atoms. The smallest absolute Gasteiger partial charge is 0.162 e. The number of nitrogens with zero attached hydrogens (tertiary/aromatic N) is 4. The van der Waals surface area contributed by atoms with Crippen LogP contribution in [0.25, 0.3) is 0 Å². The summed E-state index contributed by atoms with van der Waals surface area (Å²) >= 11 is 0. The summed E-state index contributed by atoms with van der Waals surface area (Å²) in [7, 11) is 0. The lowest BCUT2D eigenvalue weighted by Crippen LogP contribution is -2.27. The molecule has 3 heterocycles. The molecule has 0 unspecified atom stereocenters. The van der Waals surface area contributed by atoms with E-state index in [9.17, 15) is 0 Å². The summed E-state index contributed by atoms with van der Waals surface area (Å²) in [6.07, 6.45) is 4.47. The topological polar surface area (TPSA) is 43.2 Å². The van der Waals surface area contributed by atoms with Gasteiger partial charge < -0.3 is 9.30 Å². The maximum Gasteiger partial charge on any atom is 0.162 e. The molecule has 0 amide bonds. The number of hydrogen-bond donors (Lipinski definition) is 0. The van der Waals surface area contributed by atoms with Gasteiger partial charge in [0.2, 0.25) is 0 Å². The van der Waals surface area contributed by atoms with E-state index in [4.69, 9.17) is 4.74 Å². The fourth-order valence-corrected chi connectivity index (χ4v) is 4.08. The van der Waals surface area contributed by atoms with Crippen LogP contribution in [0.4, 0.5) is 0 Å². The van der Waals surface area contributed by atoms with Crippen molar-refractivity contribution in [3.8, 4) is 0 Å². The van der Waals surface area contributed by atoms with E-state index in [-0.39, 0.29) is 6.10 Å². The van der Waals surface area contributed by atoms with Crippen molar-refractivity contribution in [1.29, 1.82) is 0 Å². The van der Waals surface area contributed by atoms with Crippen molar-refractivity contribution >= 4 is 0 Å². The molecule has 1 fully saturated rings. The van der Waals surface area contributed by atoms with Crippen LogP contribution in [-0.4, -0.2) is 39.4 Å². The molecule has 2 aromatic rings. The lowest BCUT2D eigenvalue weighted by atomic mass is 10.0. The van der Waals surface area contributed by atoms with Crippen LogP contribution < -0.4 is 0 Å². The maximum atomic E-state index is 5.83. The number of fused-ring (bicyclic) bond motifs is 1. The van der Waals surface area contributed by atoms with Gasteiger partial charge in [-0.05, 0) is 36.3 Å². The third-order valence-corrected chi connectivity index (χ3v) is 5.44. The molecule has 0 radical (unpaired) electrons. The fraction of sp³-hybridized carbons (Fsp3) is 0.619. The van der Waals surface area contributed by atoms with Gasteiger partial charge in [0, 0.05) is 39.2 Å². The minimum absolute atomic E-state index is 0.149. The van der Waals surface area contributed by atoms with Crippen LogP contribution in [0.15, 0.2) is 24.3 Å². The summed E-state index contributed by atoms with van der Waals surface area (Å²) < 4.78 is 8.14. The first-order valence-electron chi connectivity index (χ1n) is 10.0. The van der Waals surface area contributed by atoms with E-state index in [2.05, 4.69) is 57.8 Å². The third kappa shape index (κ3) is 3.99. The van der Waals surface area contributed by atoms with E-state index < -0.39 is 0 Å². The van der Waals surface area contributed by atoms with Crippen LogP contribution in [-0.2, 0) is 30.7 Å². The molecule has 0 saturated carbocycles. The van der Waals surface area contributed by atoms with Crippen LogP contribution in [0.3, 0.4) is 0 Å². The molecule has 1 aromatic carbocycles. The molecule has 0 aliphatic carbocycles. The molecule has 0 N–H and O–H groups in total. The second kappa shape index (κ2) is 7.89. The summed E-state index contributed by atoms with van der Waals surface area (Å²) in [4.78, 5) is 2.53. The van der Waals surface area contributed by atoms with Gasteiger partial charge in [0.1, 0.15) is 11.9 Å². The molecule has 1 saturated heterocycles. The quantitative estimate of drug-likeness (QED) is 0.825. The second-order valence-corrected chi connectivity index (χ2v) is 8.07. The lowest BCUT2D eigenvalue weighted by molar-refractivity contribution is 0.101. The average molecular weight is 354 g/mol. The first-order chi connectivity index (χ1) is 12.7. The Labute approximate surface area is 156 Å². The largest absolute Gasteiger partial charge is 0.370 e. The van der Waals surface area contributed by atoms with Crippen LogP contribution >= 0.6 is 0 Å². The minimum Gasteiger partial charge on any atom is -0.370 e. The van der Waals surface area contributed by atoms with Crippen LogP contribution in [0.1, 0.15) is 55.6 Å². The molecule has 0 spiro atoms. The Morgan fingerprint density at radius 1 is 1.08 bits per heavy atom. The van der Waals surface area contributed by atoms with E-state index in [0.717, 1.165) is 70.1 Å². The molecular formula is C21H30N4O. The van der Waals surface area contributed by atoms with Crippen molar-refractivity contribution < 1.29 is 4.74 Å². The Hall–Kier alpha value is -1.72. The summed E-state index contributed by atoms with van der Waals surface area (Å²) in [6, 6.07) is 9.16. The number of hydrogen-bond acceptors (Lipinski definition) is 4. The standard InChI is InChI=1S/C21H30N4O/c1-16(2)14-17-5-7-18(8-6-17)15-24-10-9-20-22-23-21(25(20)12-11-24)19-4-3-13-26-19/h5-8,16,19H,3-4,9-15H2,1-2H3/t19-/m0/s1. The Bertz CT molecular complexity index is 716. The monoisotopic (exact) mass is 354 g/mol. The van der Waals surface area contributed by atoms with Crippen molar-refractivity contribution in [3.05, 3.63) is 47.0 Å². The third-order valence-electron chi connectivity index (χ3n) is 5.44. The second-order valence-electron chi connectivity index (χ2n) is 8.07. The van der Waals surface area contributed by atoms with Gasteiger partial charge in [-0.3, -0.25) is 4.90 Å². The van der Waals surface area contributed by atoms with E-state index in [0.29, 0.717) is 5.92 Å². The van der Waals surface area contributed by atoms with Gasteiger partial charge in [0.25, 0.3) is 0 Å². The van der Waals surface area contributed by atoms with E-state index in [1.807, 2.05) is 0 Å². The van der Waals surface area contributed by atoms with Gasteiger partial charge in [-0.1, -0.05) is 38.1 Å². The Morgan fingerprint density at radius 2 is 1.88 bits per heavy atom. The summed E-state index contributed by atoms with van der Waals surface area (Å²) in [5.74, 6) is 2.86. The molecule has 140 valence electrons. The SMILES string of the molecule is CC(C)Cc1ccc(CN2CCc3nnc([C@@H]4CCCO4)n3CC2)cc1. The highest BCUT2D eigenvalue weighted by atomic mass is 16.5. The Morgan fingerprint density at radius 3 is 2.62 bits per heavy atom. The maximum absolute atomic E-state index is 5.83. The zero-order chi connectivity index (χ0) is 17.9. The van der Waals surface area contributed by atoms with Crippen molar-refractivity contribution in [3.63, 3.8) is 0 Å². The summed E-state index contributed by atoms with van der Waals surface area (Å²) in [6.45, 7) is 9.45. The zero-order valence-corrected chi connectivity index (χ0v) is 16.0. The van der Waals surface area contributed by atoms with Gasteiger partial charge in [-0.25, -0.2) is 0 Å². The van der Waals surface area contributed by atoms with Gasteiger partial charge in [0.15, 0.2) is 5.82 Å². The zero-order valence-electron chi connectivity index (χ0n) is 16.0. The summed E-state index contributed by atoms with van der Waals surface area (Å²) in [5, 5.41) is 8.88. The molecule has 1 atom stereocenters. The van der Waals surface area contributed by atoms with Gasteiger partial charge >= 0.3 is 0 Å². The Kier molecular flexibility index (Phi) is 5.36. The van der Waals surface area contributed by atoms with Crippen LogP contribution in [0.5, 0.6) is 0 Å². The Balaban J connectivity index is 1.38. The first-order valence-corrected chi connectivity index (χ1v) is 10.0. The highest BCUT2D eigenvalue weighted by Gasteiger charge is 2.26. The minimum atomic E-state index is 0.149. The number of ether oxygens (including phenoxy) is 1. The van der Waals surface area contributed by atoms with Crippen LogP contribution in [0, 0.1) is 5.92 Å². The van der Waals surface area contributed by atoms with Crippen LogP contribution in [0.2, 0.25) is 0 Å². The predicted molar refractivity (Wildman–Crippen MR) is 102 cm³/mol. The molecule has 26 heavy (non-hydrogen) atoms. The highest BCUT2D eigenvalue weighted by Crippen LogP contribution is 2.28. The summed E-state index contributed by atoms with van der Waals surface area (Å²) in [5.41, 5.74) is 2.83. The number of aromatic nitrogens is 3. The first kappa shape index (κ1) is 17.7.